The second-order valence-corrected chi connectivity index (χ2v) is 7.46. The number of aliphatic hydroxyl groups excluding tert-OH is 1. The number of aliphatic hydroxyl groups is 1. The Labute approximate surface area is 145 Å². The van der Waals surface area contributed by atoms with Crippen LogP contribution in [0.15, 0.2) is 54.6 Å². The van der Waals surface area contributed by atoms with E-state index < -0.39 is 6.23 Å². The molecule has 2 nitrogen and oxygen atoms in total. The minimum atomic E-state index is -0.588. The van der Waals surface area contributed by atoms with Gasteiger partial charge in [0.2, 0.25) is 0 Å². The lowest BCUT2D eigenvalue weighted by Crippen LogP contribution is -2.42. The van der Waals surface area contributed by atoms with E-state index in [1.165, 1.54) is 5.56 Å². The fraction of sp³-hybridized carbons (Fsp3) is 0.235. The summed E-state index contributed by atoms with van der Waals surface area (Å²) >= 11 is 13.3. The Morgan fingerprint density at radius 3 is 2.50 bits per heavy atom. The molecule has 0 saturated carbocycles. The van der Waals surface area contributed by atoms with Gasteiger partial charge < -0.3 is 10.0 Å². The van der Waals surface area contributed by atoms with E-state index in [0.717, 1.165) is 5.56 Å². The Bertz CT molecular complexity index is 665. The largest absolute Gasteiger partial charge is 0.374 e. The summed E-state index contributed by atoms with van der Waals surface area (Å²) < 4.78 is 0.715. The first-order valence-electron chi connectivity index (χ1n) is 7.09. The molecule has 0 amide bonds. The molecule has 1 heterocycles. The number of rotatable bonds is 3. The van der Waals surface area contributed by atoms with Crippen LogP contribution in [0.4, 0.5) is 0 Å². The van der Waals surface area contributed by atoms with Crippen molar-refractivity contribution >= 4 is 39.9 Å². The van der Waals surface area contributed by atoms with Crippen molar-refractivity contribution in [3.8, 4) is 0 Å². The first kappa shape index (κ1) is 15.8. The third-order valence-electron chi connectivity index (χ3n) is 3.73. The first-order valence-corrected chi connectivity index (χ1v) is 8.75. The molecule has 1 aliphatic heterocycles. The molecular formula is C17H16ClNOS2. The molecule has 114 valence electrons. The van der Waals surface area contributed by atoms with Crippen LogP contribution >= 0.6 is 35.6 Å². The molecule has 5 heteroatoms. The quantitative estimate of drug-likeness (QED) is 0.816. The van der Waals surface area contributed by atoms with Crippen LogP contribution in [0, 0.1) is 0 Å². The molecule has 0 spiro atoms. The van der Waals surface area contributed by atoms with Crippen LogP contribution in [0.1, 0.15) is 22.8 Å². The van der Waals surface area contributed by atoms with Crippen LogP contribution in [0.25, 0.3) is 0 Å². The van der Waals surface area contributed by atoms with Crippen molar-refractivity contribution in [1.29, 1.82) is 0 Å². The zero-order chi connectivity index (χ0) is 15.5. The highest BCUT2D eigenvalue weighted by Crippen LogP contribution is 2.41. The maximum Gasteiger partial charge on any atom is 0.139 e. The predicted molar refractivity (Wildman–Crippen MR) is 97.0 cm³/mol. The summed E-state index contributed by atoms with van der Waals surface area (Å²) in [5, 5.41) is 11.4. The van der Waals surface area contributed by atoms with Gasteiger partial charge in [0, 0.05) is 23.2 Å². The van der Waals surface area contributed by atoms with E-state index >= 15 is 0 Å². The number of thioether (sulfide) groups is 1. The smallest absolute Gasteiger partial charge is 0.139 e. The van der Waals surface area contributed by atoms with Gasteiger partial charge in [-0.15, -0.1) is 0 Å². The second kappa shape index (κ2) is 7.01. The lowest BCUT2D eigenvalue weighted by Gasteiger charge is -2.38. The van der Waals surface area contributed by atoms with Gasteiger partial charge in [-0.3, -0.25) is 0 Å². The van der Waals surface area contributed by atoms with E-state index in [9.17, 15) is 5.11 Å². The molecule has 2 atom stereocenters. The third-order valence-corrected chi connectivity index (χ3v) is 5.81. The minimum absolute atomic E-state index is 0.200. The van der Waals surface area contributed by atoms with Gasteiger partial charge >= 0.3 is 0 Å². The molecule has 2 aromatic rings. The molecule has 2 aromatic carbocycles. The van der Waals surface area contributed by atoms with E-state index in [4.69, 9.17) is 23.8 Å². The highest BCUT2D eigenvalue weighted by atomic mass is 35.5. The minimum Gasteiger partial charge on any atom is -0.374 e. The summed E-state index contributed by atoms with van der Waals surface area (Å²) in [5.74, 6) is 0. The number of benzene rings is 2. The fourth-order valence-electron chi connectivity index (χ4n) is 2.53. The Morgan fingerprint density at radius 1 is 1.14 bits per heavy atom. The van der Waals surface area contributed by atoms with Gasteiger partial charge in [0.1, 0.15) is 10.5 Å². The van der Waals surface area contributed by atoms with Gasteiger partial charge in [-0.1, -0.05) is 84.1 Å². The third kappa shape index (κ3) is 3.46. The first-order chi connectivity index (χ1) is 10.6. The molecular weight excluding hydrogens is 334 g/mol. The summed E-state index contributed by atoms with van der Waals surface area (Å²) in [4.78, 5) is 1.85. The van der Waals surface area contributed by atoms with Gasteiger partial charge in [0.05, 0.1) is 0 Å². The lowest BCUT2D eigenvalue weighted by molar-refractivity contribution is 0.0418. The molecule has 1 N–H and O–H groups in total. The van der Waals surface area contributed by atoms with Crippen LogP contribution in [0.5, 0.6) is 0 Å². The van der Waals surface area contributed by atoms with Crippen molar-refractivity contribution in [1.82, 2.24) is 4.90 Å². The number of halogens is 1. The second-order valence-electron chi connectivity index (χ2n) is 5.22. The summed E-state index contributed by atoms with van der Waals surface area (Å²) in [6.45, 7) is 0.536. The summed E-state index contributed by atoms with van der Waals surface area (Å²) in [7, 11) is 0. The predicted octanol–water partition coefficient (Wildman–Crippen LogP) is 4.62. The molecule has 3 rings (SSSR count). The Balaban J connectivity index is 1.74. The molecule has 1 saturated heterocycles. The van der Waals surface area contributed by atoms with Crippen molar-refractivity contribution < 1.29 is 5.11 Å². The monoisotopic (exact) mass is 349 g/mol. The summed E-state index contributed by atoms with van der Waals surface area (Å²) in [6.07, 6.45) is 0.0643. The fourth-order valence-corrected chi connectivity index (χ4v) is 4.39. The molecule has 1 aliphatic rings. The molecule has 1 fully saturated rings. The molecule has 0 aromatic heterocycles. The highest BCUT2D eigenvalue weighted by molar-refractivity contribution is 8.23. The number of hydrogen-bond acceptors (Lipinski definition) is 3. The van der Waals surface area contributed by atoms with E-state index in [0.29, 0.717) is 22.3 Å². The van der Waals surface area contributed by atoms with Crippen LogP contribution in [0.2, 0.25) is 5.02 Å². The van der Waals surface area contributed by atoms with Crippen LogP contribution < -0.4 is 0 Å². The Morgan fingerprint density at radius 2 is 1.82 bits per heavy atom. The summed E-state index contributed by atoms with van der Waals surface area (Å²) in [5.41, 5.74) is 2.18. The average molecular weight is 350 g/mol. The van der Waals surface area contributed by atoms with E-state index in [2.05, 4.69) is 12.1 Å². The van der Waals surface area contributed by atoms with Gasteiger partial charge in [-0.25, -0.2) is 0 Å². The van der Waals surface area contributed by atoms with Crippen molar-refractivity contribution in [2.24, 2.45) is 0 Å². The Kier molecular flexibility index (Phi) is 5.03. The van der Waals surface area contributed by atoms with Crippen LogP contribution in [-0.2, 0) is 6.54 Å². The topological polar surface area (TPSA) is 23.5 Å². The van der Waals surface area contributed by atoms with Gasteiger partial charge in [0.15, 0.2) is 0 Å². The van der Waals surface area contributed by atoms with Crippen LogP contribution in [0.3, 0.4) is 0 Å². The van der Waals surface area contributed by atoms with E-state index in [1.54, 1.807) is 11.8 Å². The van der Waals surface area contributed by atoms with E-state index in [-0.39, 0.29) is 5.25 Å². The number of thiocarbonyl (C=S) groups is 1. The zero-order valence-electron chi connectivity index (χ0n) is 11.9. The SMILES string of the molecule is O[C@@H]1C[C@H](c2ccccc2)SC(=S)N1Cc1ccccc1Cl. The number of hydrogen-bond donors (Lipinski definition) is 1. The van der Waals surface area contributed by atoms with Gasteiger partial charge in [0.25, 0.3) is 0 Å². The summed E-state index contributed by atoms with van der Waals surface area (Å²) in [6, 6.07) is 17.9. The maximum absolute atomic E-state index is 10.5. The molecule has 0 bridgehead atoms. The highest BCUT2D eigenvalue weighted by Gasteiger charge is 2.31. The lowest BCUT2D eigenvalue weighted by atomic mass is 10.1. The molecule has 22 heavy (non-hydrogen) atoms. The van der Waals surface area contributed by atoms with Crippen molar-refractivity contribution in [3.05, 3.63) is 70.7 Å². The molecule has 0 radical (unpaired) electrons. The van der Waals surface area contributed by atoms with Gasteiger partial charge in [-0.05, 0) is 17.2 Å². The van der Waals surface area contributed by atoms with Gasteiger partial charge in [-0.2, -0.15) is 0 Å². The Hall–Kier alpha value is -1.07. The van der Waals surface area contributed by atoms with E-state index in [1.807, 2.05) is 47.4 Å². The van der Waals surface area contributed by atoms with Crippen LogP contribution in [-0.4, -0.2) is 20.6 Å². The average Bonchev–Trinajstić information content (AvgIpc) is 2.53. The van der Waals surface area contributed by atoms with Crippen molar-refractivity contribution in [2.45, 2.75) is 24.4 Å². The molecule has 0 aliphatic carbocycles. The maximum atomic E-state index is 10.5. The van der Waals surface area contributed by atoms with Crippen molar-refractivity contribution in [3.63, 3.8) is 0 Å². The zero-order valence-corrected chi connectivity index (χ0v) is 14.2. The number of nitrogens with zero attached hydrogens (tertiary/aromatic N) is 1. The normalized spacial score (nSPS) is 21.9. The standard InChI is InChI=1S/C17H16ClNOS2/c18-14-9-5-4-8-13(14)11-19-16(20)10-15(22-17(19)21)12-6-2-1-3-7-12/h1-9,15-16,20H,10-11H2/t15-,16-/m1/s1. The van der Waals surface area contributed by atoms with Crippen molar-refractivity contribution in [2.75, 3.05) is 0 Å². The molecule has 0 unspecified atom stereocenters.